The van der Waals surface area contributed by atoms with E-state index in [0.717, 1.165) is 0 Å². The summed E-state index contributed by atoms with van der Waals surface area (Å²) in [4.78, 5) is 0. The van der Waals surface area contributed by atoms with E-state index in [0.29, 0.717) is 38.1 Å². The Balaban J connectivity index is 2.77. The van der Waals surface area contributed by atoms with Gasteiger partial charge in [-0.05, 0) is 26.0 Å². The normalized spacial score (nSPS) is 15.7. The molecular formula is C15H11Cl2N3. The zero-order valence-corrected chi connectivity index (χ0v) is 12.5. The minimum absolute atomic E-state index is 0.450. The average Bonchev–Trinajstić information content (AvgIpc) is 2.38. The number of nitrogens with one attached hydrogen (secondary N) is 1. The Morgan fingerprint density at radius 3 is 1.85 bits per heavy atom. The maximum absolute atomic E-state index is 9.41. The molecule has 0 aromatic heterocycles. The lowest BCUT2D eigenvalue weighted by Crippen LogP contribution is -2.23. The Hall–Kier alpha value is -1.94. The van der Waals surface area contributed by atoms with Crippen LogP contribution in [-0.2, 0) is 0 Å². The highest BCUT2D eigenvalue weighted by Crippen LogP contribution is 2.43. The van der Waals surface area contributed by atoms with Crippen LogP contribution in [-0.4, -0.2) is 0 Å². The summed E-state index contributed by atoms with van der Waals surface area (Å²) < 4.78 is 0. The van der Waals surface area contributed by atoms with Crippen molar-refractivity contribution in [1.82, 2.24) is 5.32 Å². The summed E-state index contributed by atoms with van der Waals surface area (Å²) in [5.41, 5.74) is 2.95. The van der Waals surface area contributed by atoms with Crippen LogP contribution in [0, 0.1) is 22.7 Å². The van der Waals surface area contributed by atoms with Crippen molar-refractivity contribution in [3.8, 4) is 12.1 Å². The zero-order chi connectivity index (χ0) is 14.9. The van der Waals surface area contributed by atoms with Crippen LogP contribution in [0.25, 0.3) is 0 Å². The van der Waals surface area contributed by atoms with Crippen molar-refractivity contribution in [2.24, 2.45) is 0 Å². The third-order valence-corrected chi connectivity index (χ3v) is 3.95. The molecule has 0 radical (unpaired) electrons. The molecule has 0 saturated carbocycles. The topological polar surface area (TPSA) is 59.6 Å². The Morgan fingerprint density at radius 2 is 1.45 bits per heavy atom. The number of nitrogens with zero attached hydrogens (tertiary/aromatic N) is 2. The summed E-state index contributed by atoms with van der Waals surface area (Å²) in [5, 5.41) is 22.8. The van der Waals surface area contributed by atoms with Gasteiger partial charge in [-0.3, -0.25) is 0 Å². The Morgan fingerprint density at radius 1 is 1.00 bits per heavy atom. The van der Waals surface area contributed by atoms with E-state index in [2.05, 4.69) is 17.5 Å². The van der Waals surface area contributed by atoms with Crippen molar-refractivity contribution in [2.75, 3.05) is 0 Å². The number of halogens is 2. The number of hydrogen-bond donors (Lipinski definition) is 1. The number of nitriles is 2. The molecule has 0 spiro atoms. The third kappa shape index (κ3) is 2.27. The van der Waals surface area contributed by atoms with Crippen molar-refractivity contribution in [1.29, 1.82) is 10.5 Å². The largest absolute Gasteiger partial charge is 0.361 e. The molecule has 0 aliphatic carbocycles. The van der Waals surface area contributed by atoms with Gasteiger partial charge in [0.25, 0.3) is 0 Å². The minimum atomic E-state index is -0.521. The van der Waals surface area contributed by atoms with Crippen LogP contribution in [0.15, 0.2) is 40.7 Å². The van der Waals surface area contributed by atoms with Crippen molar-refractivity contribution >= 4 is 23.2 Å². The predicted molar refractivity (Wildman–Crippen MR) is 79.0 cm³/mol. The SMILES string of the molecule is CC1=C(C#N)C(c2c(Cl)cccc2Cl)C(C#N)=C(C)N1. The molecule has 0 amide bonds. The minimum Gasteiger partial charge on any atom is -0.361 e. The fourth-order valence-electron chi connectivity index (χ4n) is 2.37. The second kappa shape index (κ2) is 5.59. The van der Waals surface area contributed by atoms with Gasteiger partial charge in [-0.1, -0.05) is 29.3 Å². The monoisotopic (exact) mass is 303 g/mol. The van der Waals surface area contributed by atoms with E-state index in [1.54, 1.807) is 32.0 Å². The fraction of sp³-hybridized carbons (Fsp3) is 0.200. The van der Waals surface area contributed by atoms with Crippen LogP contribution in [0.1, 0.15) is 25.3 Å². The molecule has 5 heteroatoms. The lowest BCUT2D eigenvalue weighted by Gasteiger charge is -2.27. The smallest absolute Gasteiger partial charge is 0.0975 e. The number of allylic oxidation sites excluding steroid dienone is 4. The van der Waals surface area contributed by atoms with Gasteiger partial charge in [-0.25, -0.2) is 0 Å². The van der Waals surface area contributed by atoms with E-state index in [1.807, 2.05) is 0 Å². The van der Waals surface area contributed by atoms with Gasteiger partial charge in [-0.15, -0.1) is 0 Å². The number of hydrogen-bond acceptors (Lipinski definition) is 3. The van der Waals surface area contributed by atoms with Gasteiger partial charge in [0, 0.05) is 27.0 Å². The summed E-state index contributed by atoms with van der Waals surface area (Å²) in [6, 6.07) is 9.46. The molecule has 100 valence electrons. The maximum atomic E-state index is 9.41. The average molecular weight is 304 g/mol. The highest BCUT2D eigenvalue weighted by molar-refractivity contribution is 6.36. The molecule has 1 N–H and O–H groups in total. The molecular weight excluding hydrogens is 293 g/mol. The van der Waals surface area contributed by atoms with Gasteiger partial charge in [-0.2, -0.15) is 10.5 Å². The molecule has 1 heterocycles. The number of rotatable bonds is 1. The molecule has 0 unspecified atom stereocenters. The van der Waals surface area contributed by atoms with E-state index in [1.165, 1.54) is 0 Å². The van der Waals surface area contributed by atoms with Crippen LogP contribution in [0.3, 0.4) is 0 Å². The highest BCUT2D eigenvalue weighted by Gasteiger charge is 2.32. The second-order valence-corrected chi connectivity index (χ2v) is 5.31. The van der Waals surface area contributed by atoms with Gasteiger partial charge in [0.1, 0.15) is 0 Å². The van der Waals surface area contributed by atoms with Crippen LogP contribution >= 0.6 is 23.2 Å². The predicted octanol–water partition coefficient (Wildman–Crippen LogP) is 4.28. The first-order chi connectivity index (χ1) is 9.51. The second-order valence-electron chi connectivity index (χ2n) is 4.49. The summed E-state index contributed by atoms with van der Waals surface area (Å²) in [6.45, 7) is 3.60. The molecule has 20 heavy (non-hydrogen) atoms. The first-order valence-corrected chi connectivity index (χ1v) is 6.69. The van der Waals surface area contributed by atoms with Crippen LogP contribution in [0.5, 0.6) is 0 Å². The van der Waals surface area contributed by atoms with Crippen LogP contribution in [0.2, 0.25) is 10.0 Å². The molecule has 3 nitrogen and oxygen atoms in total. The Kier molecular flexibility index (Phi) is 4.04. The molecule has 1 aromatic carbocycles. The lowest BCUT2D eigenvalue weighted by atomic mass is 9.81. The van der Waals surface area contributed by atoms with Crippen molar-refractivity contribution in [3.63, 3.8) is 0 Å². The lowest BCUT2D eigenvalue weighted by molar-refractivity contribution is 0.814. The zero-order valence-electron chi connectivity index (χ0n) is 11.0. The summed E-state index contributed by atoms with van der Waals surface area (Å²) in [7, 11) is 0. The van der Waals surface area contributed by atoms with Gasteiger partial charge in [0.15, 0.2) is 0 Å². The molecule has 0 saturated heterocycles. The van der Waals surface area contributed by atoms with Crippen LogP contribution < -0.4 is 5.32 Å². The van der Waals surface area contributed by atoms with E-state index in [9.17, 15) is 10.5 Å². The summed E-state index contributed by atoms with van der Waals surface area (Å²) >= 11 is 12.5. The molecule has 0 bridgehead atoms. The Labute approximate surface area is 127 Å². The maximum Gasteiger partial charge on any atom is 0.0975 e. The molecule has 0 fully saturated rings. The summed E-state index contributed by atoms with van der Waals surface area (Å²) in [5.74, 6) is -0.521. The number of dihydropyridines is 1. The van der Waals surface area contributed by atoms with E-state index in [4.69, 9.17) is 23.2 Å². The van der Waals surface area contributed by atoms with Gasteiger partial charge in [0.2, 0.25) is 0 Å². The van der Waals surface area contributed by atoms with E-state index < -0.39 is 5.92 Å². The van der Waals surface area contributed by atoms with Crippen molar-refractivity contribution < 1.29 is 0 Å². The molecule has 1 aliphatic rings. The molecule has 1 aromatic rings. The van der Waals surface area contributed by atoms with Crippen molar-refractivity contribution in [3.05, 3.63) is 56.3 Å². The van der Waals surface area contributed by atoms with Crippen LogP contribution in [0.4, 0.5) is 0 Å². The Bertz CT molecular complexity index is 661. The molecule has 0 atom stereocenters. The third-order valence-electron chi connectivity index (χ3n) is 3.29. The van der Waals surface area contributed by atoms with E-state index in [-0.39, 0.29) is 0 Å². The highest BCUT2D eigenvalue weighted by atomic mass is 35.5. The van der Waals surface area contributed by atoms with Gasteiger partial charge in [0.05, 0.1) is 29.2 Å². The first-order valence-electron chi connectivity index (χ1n) is 5.94. The van der Waals surface area contributed by atoms with Gasteiger partial charge >= 0.3 is 0 Å². The molecule has 2 rings (SSSR count). The van der Waals surface area contributed by atoms with E-state index >= 15 is 0 Å². The van der Waals surface area contributed by atoms with Crippen molar-refractivity contribution in [2.45, 2.75) is 19.8 Å². The van der Waals surface area contributed by atoms with Gasteiger partial charge < -0.3 is 5.32 Å². The fourth-order valence-corrected chi connectivity index (χ4v) is 2.98. The number of benzene rings is 1. The quantitative estimate of drug-likeness (QED) is 0.842. The molecule has 1 aliphatic heterocycles. The first kappa shape index (κ1) is 14.5. The summed E-state index contributed by atoms with van der Waals surface area (Å²) in [6.07, 6.45) is 0. The standard InChI is InChI=1S/C15H11Cl2N3/c1-8-10(6-18)14(11(7-19)9(2)20-8)15-12(16)4-3-5-13(15)17/h3-5,14,20H,1-2H3.